The summed E-state index contributed by atoms with van der Waals surface area (Å²) in [7, 11) is 0. The highest BCUT2D eigenvalue weighted by atomic mass is 16.3. The van der Waals surface area contributed by atoms with E-state index in [0.29, 0.717) is 5.92 Å². The van der Waals surface area contributed by atoms with Crippen molar-refractivity contribution in [2.75, 3.05) is 6.61 Å². The van der Waals surface area contributed by atoms with E-state index in [-0.39, 0.29) is 24.5 Å². The molecule has 3 atom stereocenters. The molecule has 0 saturated carbocycles. The second-order valence-electron chi connectivity index (χ2n) is 4.54. The largest absolute Gasteiger partial charge is 0.394 e. The van der Waals surface area contributed by atoms with Crippen LogP contribution in [0.3, 0.4) is 0 Å². The zero-order valence-corrected chi connectivity index (χ0v) is 8.71. The van der Waals surface area contributed by atoms with Gasteiger partial charge in [-0.3, -0.25) is 4.79 Å². The number of carbonyl (C=O) groups is 1. The van der Waals surface area contributed by atoms with Gasteiger partial charge >= 0.3 is 0 Å². The van der Waals surface area contributed by atoms with E-state index < -0.39 is 0 Å². The molecule has 1 fully saturated rings. The number of nitrogens with one attached hydrogen (secondary N) is 1. The molecule has 0 spiro atoms. The number of aliphatic hydroxyl groups is 1. The minimum atomic E-state index is -0.0180. The summed E-state index contributed by atoms with van der Waals surface area (Å²) in [6.07, 6.45) is 1.83. The monoisotopic (exact) mass is 195 g/mol. The first-order chi connectivity index (χ1) is 6.63. The topological polar surface area (TPSA) is 49.3 Å². The molecule has 14 heavy (non-hydrogen) atoms. The lowest BCUT2D eigenvalue weighted by molar-refractivity contribution is -0.123. The Morgan fingerprint density at radius 2 is 2.00 bits per heavy atom. The molecule has 78 valence electrons. The molecule has 1 aliphatic carbocycles. The number of hydrogen-bond donors (Lipinski definition) is 2. The second-order valence-corrected chi connectivity index (χ2v) is 4.54. The van der Waals surface area contributed by atoms with E-state index in [1.807, 2.05) is 0 Å². The normalized spacial score (nSPS) is 37.1. The molecule has 1 aliphatic heterocycles. The van der Waals surface area contributed by atoms with Crippen LogP contribution in [0.25, 0.3) is 0 Å². The highest BCUT2D eigenvalue weighted by Gasteiger charge is 2.43. The molecule has 3 heteroatoms. The Hall–Kier alpha value is -0.830. The van der Waals surface area contributed by atoms with Gasteiger partial charge in [-0.2, -0.15) is 0 Å². The SMILES string of the molecule is CC1=C(C)CC2C(CO)NC(=O)C2C1. The number of amides is 1. The van der Waals surface area contributed by atoms with E-state index in [1.165, 1.54) is 11.1 Å². The maximum atomic E-state index is 11.6. The third-order valence-corrected chi connectivity index (χ3v) is 3.69. The number of fused-ring (bicyclic) bond motifs is 1. The summed E-state index contributed by atoms with van der Waals surface area (Å²) in [4.78, 5) is 11.6. The fraction of sp³-hybridized carbons (Fsp3) is 0.727. The van der Waals surface area contributed by atoms with Crippen molar-refractivity contribution >= 4 is 5.91 Å². The molecular weight excluding hydrogens is 178 g/mol. The molecule has 2 aliphatic rings. The Labute approximate surface area is 84.2 Å². The predicted molar refractivity (Wildman–Crippen MR) is 53.6 cm³/mol. The van der Waals surface area contributed by atoms with Gasteiger partial charge in [-0.25, -0.2) is 0 Å². The van der Waals surface area contributed by atoms with Crippen molar-refractivity contribution in [3.05, 3.63) is 11.1 Å². The number of aliphatic hydroxyl groups excluding tert-OH is 1. The van der Waals surface area contributed by atoms with Gasteiger partial charge in [0.05, 0.1) is 12.6 Å². The lowest BCUT2D eigenvalue weighted by Gasteiger charge is -2.27. The molecule has 2 rings (SSSR count). The molecule has 1 heterocycles. The molecule has 0 aromatic rings. The summed E-state index contributed by atoms with van der Waals surface area (Å²) >= 11 is 0. The van der Waals surface area contributed by atoms with Crippen LogP contribution in [0.15, 0.2) is 11.1 Å². The van der Waals surface area contributed by atoms with Gasteiger partial charge in [0.25, 0.3) is 0 Å². The first-order valence-electron chi connectivity index (χ1n) is 5.20. The van der Waals surface area contributed by atoms with Crippen LogP contribution in [-0.2, 0) is 4.79 Å². The zero-order chi connectivity index (χ0) is 10.3. The standard InChI is InChI=1S/C11H17NO2/c1-6-3-8-9(4-7(6)2)11(14)12-10(8)5-13/h8-10,13H,3-5H2,1-2H3,(H,12,14). The average molecular weight is 195 g/mol. The number of hydrogen-bond acceptors (Lipinski definition) is 2. The summed E-state index contributed by atoms with van der Waals surface area (Å²) in [5, 5.41) is 12.0. The Balaban J connectivity index is 2.23. The van der Waals surface area contributed by atoms with E-state index >= 15 is 0 Å². The van der Waals surface area contributed by atoms with Gasteiger partial charge in [0, 0.05) is 5.92 Å². The van der Waals surface area contributed by atoms with E-state index in [0.717, 1.165) is 12.8 Å². The first-order valence-corrected chi connectivity index (χ1v) is 5.20. The molecule has 3 unspecified atom stereocenters. The van der Waals surface area contributed by atoms with Crippen LogP contribution in [0, 0.1) is 11.8 Å². The lowest BCUT2D eigenvalue weighted by atomic mass is 9.76. The third-order valence-electron chi connectivity index (χ3n) is 3.69. The molecule has 1 amide bonds. The van der Waals surface area contributed by atoms with Crippen molar-refractivity contribution in [1.82, 2.24) is 5.32 Å². The fourth-order valence-electron chi connectivity index (χ4n) is 2.61. The zero-order valence-electron chi connectivity index (χ0n) is 8.71. The Bertz CT molecular complexity index is 296. The van der Waals surface area contributed by atoms with Crippen LogP contribution >= 0.6 is 0 Å². The molecule has 0 aromatic heterocycles. The van der Waals surface area contributed by atoms with Crippen molar-refractivity contribution in [3.8, 4) is 0 Å². The van der Waals surface area contributed by atoms with Gasteiger partial charge in [0.1, 0.15) is 0 Å². The quantitative estimate of drug-likeness (QED) is 0.609. The van der Waals surface area contributed by atoms with Crippen molar-refractivity contribution < 1.29 is 9.90 Å². The highest BCUT2D eigenvalue weighted by Crippen LogP contribution is 2.39. The van der Waals surface area contributed by atoms with E-state index in [4.69, 9.17) is 5.11 Å². The summed E-state index contributed by atoms with van der Waals surface area (Å²) in [5.41, 5.74) is 2.74. The van der Waals surface area contributed by atoms with E-state index in [2.05, 4.69) is 19.2 Å². The predicted octanol–water partition coefficient (Wildman–Crippen LogP) is 0.840. The summed E-state index contributed by atoms with van der Waals surface area (Å²) in [6, 6.07) is -0.0180. The van der Waals surface area contributed by atoms with Crippen LogP contribution < -0.4 is 5.32 Å². The smallest absolute Gasteiger partial charge is 0.224 e. The molecule has 0 radical (unpaired) electrons. The van der Waals surface area contributed by atoms with Crippen LogP contribution in [0.1, 0.15) is 26.7 Å². The number of rotatable bonds is 1. The van der Waals surface area contributed by atoms with Gasteiger partial charge in [-0.1, -0.05) is 11.1 Å². The van der Waals surface area contributed by atoms with Crippen LogP contribution in [0.5, 0.6) is 0 Å². The van der Waals surface area contributed by atoms with E-state index in [9.17, 15) is 4.79 Å². The van der Waals surface area contributed by atoms with Crippen molar-refractivity contribution in [1.29, 1.82) is 0 Å². The van der Waals surface area contributed by atoms with Crippen molar-refractivity contribution in [2.24, 2.45) is 11.8 Å². The van der Waals surface area contributed by atoms with Crippen LogP contribution in [0.2, 0.25) is 0 Å². The molecule has 1 saturated heterocycles. The maximum absolute atomic E-state index is 11.6. The number of carbonyl (C=O) groups excluding carboxylic acids is 1. The highest BCUT2D eigenvalue weighted by molar-refractivity contribution is 5.82. The maximum Gasteiger partial charge on any atom is 0.224 e. The van der Waals surface area contributed by atoms with Crippen LogP contribution in [0.4, 0.5) is 0 Å². The Morgan fingerprint density at radius 1 is 1.36 bits per heavy atom. The van der Waals surface area contributed by atoms with Gasteiger partial charge in [-0.05, 0) is 32.6 Å². The summed E-state index contributed by atoms with van der Waals surface area (Å²) < 4.78 is 0. The molecular formula is C11H17NO2. The Morgan fingerprint density at radius 3 is 2.64 bits per heavy atom. The minimum Gasteiger partial charge on any atom is -0.394 e. The summed E-state index contributed by atoms with van der Waals surface area (Å²) in [6.45, 7) is 4.30. The van der Waals surface area contributed by atoms with Gasteiger partial charge < -0.3 is 10.4 Å². The third kappa shape index (κ3) is 1.36. The van der Waals surface area contributed by atoms with Gasteiger partial charge in [-0.15, -0.1) is 0 Å². The minimum absolute atomic E-state index is 0.0180. The van der Waals surface area contributed by atoms with Gasteiger partial charge in [0.15, 0.2) is 0 Å². The lowest BCUT2D eigenvalue weighted by Crippen LogP contribution is -2.32. The van der Waals surface area contributed by atoms with Crippen LogP contribution in [-0.4, -0.2) is 23.7 Å². The van der Waals surface area contributed by atoms with E-state index in [1.54, 1.807) is 0 Å². The first kappa shape index (κ1) is 9.71. The van der Waals surface area contributed by atoms with Crippen molar-refractivity contribution in [2.45, 2.75) is 32.7 Å². The molecule has 0 bridgehead atoms. The number of allylic oxidation sites excluding steroid dienone is 2. The average Bonchev–Trinajstić information content (AvgIpc) is 2.45. The summed E-state index contributed by atoms with van der Waals surface area (Å²) in [5.74, 6) is 0.549. The van der Waals surface area contributed by atoms with Crippen molar-refractivity contribution in [3.63, 3.8) is 0 Å². The molecule has 2 N–H and O–H groups in total. The fourth-order valence-corrected chi connectivity index (χ4v) is 2.61. The Kier molecular flexibility index (Phi) is 2.35. The second kappa shape index (κ2) is 3.39. The van der Waals surface area contributed by atoms with Gasteiger partial charge in [0.2, 0.25) is 5.91 Å². The molecule has 0 aromatic carbocycles. The molecule has 3 nitrogen and oxygen atoms in total.